The molecule has 23 heavy (non-hydrogen) atoms. The summed E-state index contributed by atoms with van der Waals surface area (Å²) in [6.07, 6.45) is 7.09. The third-order valence-corrected chi connectivity index (χ3v) is 5.42. The van der Waals surface area contributed by atoms with Crippen LogP contribution >= 0.6 is 15.9 Å². The summed E-state index contributed by atoms with van der Waals surface area (Å²) in [7, 11) is 0. The number of carbonyl (C=O) groups excluding carboxylic acids is 1. The largest absolute Gasteiger partial charge is 0.346 e. The minimum absolute atomic E-state index is 0.101. The maximum absolute atomic E-state index is 12.9. The molecule has 1 fully saturated rings. The third-order valence-electron chi connectivity index (χ3n) is 4.96. The van der Waals surface area contributed by atoms with Crippen molar-refractivity contribution in [3.63, 3.8) is 0 Å². The highest BCUT2D eigenvalue weighted by Gasteiger charge is 2.24. The van der Waals surface area contributed by atoms with E-state index >= 15 is 0 Å². The van der Waals surface area contributed by atoms with Gasteiger partial charge >= 0.3 is 0 Å². The Morgan fingerprint density at radius 3 is 2.52 bits per heavy atom. The third kappa shape index (κ3) is 2.51. The lowest BCUT2D eigenvalue weighted by atomic mass is 10.1. The highest BCUT2D eigenvalue weighted by Crippen LogP contribution is 2.28. The second-order valence-corrected chi connectivity index (χ2v) is 7.40. The molecule has 4 nitrogen and oxygen atoms in total. The Morgan fingerprint density at radius 2 is 1.78 bits per heavy atom. The molecule has 2 aromatic rings. The van der Waals surface area contributed by atoms with Crippen LogP contribution in [0.4, 0.5) is 0 Å². The van der Waals surface area contributed by atoms with Crippen molar-refractivity contribution in [2.24, 2.45) is 0 Å². The topological polar surface area (TPSA) is 42.3 Å². The number of aryl methyl sites for hydroxylation is 2. The van der Waals surface area contributed by atoms with Crippen molar-refractivity contribution >= 4 is 32.7 Å². The van der Waals surface area contributed by atoms with Crippen LogP contribution in [-0.4, -0.2) is 28.5 Å². The van der Waals surface area contributed by atoms with Gasteiger partial charge in [-0.2, -0.15) is 0 Å². The first-order valence-corrected chi connectivity index (χ1v) is 9.09. The molecule has 0 radical (unpaired) electrons. The average Bonchev–Trinajstić information content (AvgIpc) is 2.77. The molecule has 0 bridgehead atoms. The highest BCUT2D eigenvalue weighted by molar-refractivity contribution is 9.10. The fourth-order valence-electron chi connectivity index (χ4n) is 3.80. The number of rotatable bonds is 1. The number of benzene rings is 1. The molecule has 0 saturated carbocycles. The van der Waals surface area contributed by atoms with Crippen LogP contribution in [0.5, 0.6) is 0 Å². The lowest BCUT2D eigenvalue weighted by molar-refractivity contribution is 0.0760. The van der Waals surface area contributed by atoms with Crippen molar-refractivity contribution < 1.29 is 4.79 Å². The molecule has 1 saturated heterocycles. The van der Waals surface area contributed by atoms with E-state index in [-0.39, 0.29) is 11.3 Å². The van der Waals surface area contributed by atoms with Crippen LogP contribution in [0.15, 0.2) is 27.6 Å². The van der Waals surface area contributed by atoms with E-state index in [0.29, 0.717) is 10.9 Å². The zero-order valence-corrected chi connectivity index (χ0v) is 14.6. The van der Waals surface area contributed by atoms with Gasteiger partial charge in [-0.15, -0.1) is 0 Å². The number of pyridine rings is 1. The summed E-state index contributed by atoms with van der Waals surface area (Å²) in [6.45, 7) is 2.36. The normalized spacial score (nSPS) is 17.5. The lowest BCUT2D eigenvalue weighted by Gasteiger charge is -2.20. The molecule has 0 N–H and O–H groups in total. The van der Waals surface area contributed by atoms with E-state index in [1.807, 2.05) is 11.0 Å². The second kappa shape index (κ2) is 5.78. The SMILES string of the molecule is O=C(c1cn2c3c(cc(Br)cc3c1=O)CC2)N1CCCCCC1. The lowest BCUT2D eigenvalue weighted by Crippen LogP contribution is -2.35. The van der Waals surface area contributed by atoms with Crippen LogP contribution in [-0.2, 0) is 13.0 Å². The van der Waals surface area contributed by atoms with E-state index in [4.69, 9.17) is 0 Å². The quantitative estimate of drug-likeness (QED) is 0.767. The number of likely N-dealkylation sites (tertiary alicyclic amines) is 1. The van der Waals surface area contributed by atoms with E-state index in [2.05, 4.69) is 26.6 Å². The number of carbonyl (C=O) groups is 1. The minimum atomic E-state index is -0.130. The Labute approximate surface area is 143 Å². The summed E-state index contributed by atoms with van der Waals surface area (Å²) in [6, 6.07) is 3.92. The summed E-state index contributed by atoms with van der Waals surface area (Å²) in [5.74, 6) is -0.101. The molecule has 0 unspecified atom stereocenters. The van der Waals surface area contributed by atoms with Gasteiger partial charge in [0, 0.05) is 35.7 Å². The zero-order chi connectivity index (χ0) is 16.0. The molecule has 5 heteroatoms. The highest BCUT2D eigenvalue weighted by atomic mass is 79.9. The molecule has 4 rings (SSSR count). The second-order valence-electron chi connectivity index (χ2n) is 6.48. The first-order valence-electron chi connectivity index (χ1n) is 8.30. The minimum Gasteiger partial charge on any atom is -0.346 e. The summed E-state index contributed by atoms with van der Waals surface area (Å²) >= 11 is 3.49. The van der Waals surface area contributed by atoms with Crippen LogP contribution in [0.25, 0.3) is 10.9 Å². The van der Waals surface area contributed by atoms with Gasteiger partial charge in [0.15, 0.2) is 0 Å². The van der Waals surface area contributed by atoms with Gasteiger partial charge in [0.2, 0.25) is 5.43 Å². The summed E-state index contributed by atoms with van der Waals surface area (Å²) in [5, 5.41) is 0.660. The van der Waals surface area contributed by atoms with Crippen LogP contribution < -0.4 is 5.43 Å². The van der Waals surface area contributed by atoms with Gasteiger partial charge in [0.05, 0.1) is 5.52 Å². The van der Waals surface area contributed by atoms with E-state index in [1.54, 1.807) is 6.20 Å². The van der Waals surface area contributed by atoms with Crippen molar-refractivity contribution in [3.05, 3.63) is 44.2 Å². The smallest absolute Gasteiger partial charge is 0.259 e. The van der Waals surface area contributed by atoms with Crippen molar-refractivity contribution in [1.29, 1.82) is 0 Å². The van der Waals surface area contributed by atoms with Crippen molar-refractivity contribution in [3.8, 4) is 0 Å². The van der Waals surface area contributed by atoms with E-state index < -0.39 is 0 Å². The number of halogens is 1. The molecule has 1 amide bonds. The van der Waals surface area contributed by atoms with Gasteiger partial charge < -0.3 is 9.47 Å². The van der Waals surface area contributed by atoms with Gasteiger partial charge in [-0.1, -0.05) is 28.8 Å². The fourth-order valence-corrected chi connectivity index (χ4v) is 4.30. The van der Waals surface area contributed by atoms with Crippen LogP contribution in [0.3, 0.4) is 0 Å². The van der Waals surface area contributed by atoms with Crippen LogP contribution in [0.1, 0.15) is 41.6 Å². The van der Waals surface area contributed by atoms with Gasteiger partial charge in [-0.3, -0.25) is 9.59 Å². The van der Waals surface area contributed by atoms with Crippen molar-refractivity contribution in [2.75, 3.05) is 13.1 Å². The van der Waals surface area contributed by atoms with Gasteiger partial charge in [-0.25, -0.2) is 0 Å². The number of amides is 1. The van der Waals surface area contributed by atoms with E-state index in [1.165, 1.54) is 18.4 Å². The molecule has 0 spiro atoms. The van der Waals surface area contributed by atoms with Gasteiger partial charge in [0.25, 0.3) is 5.91 Å². The average molecular weight is 375 g/mol. The Morgan fingerprint density at radius 1 is 1.04 bits per heavy atom. The predicted octanol–water partition coefficient (Wildman–Crippen LogP) is 3.34. The molecule has 1 aromatic heterocycles. The monoisotopic (exact) mass is 374 g/mol. The molecule has 3 heterocycles. The fraction of sp³-hybridized carbons (Fsp3) is 0.444. The van der Waals surface area contributed by atoms with E-state index in [9.17, 15) is 9.59 Å². The number of hydrogen-bond acceptors (Lipinski definition) is 2. The van der Waals surface area contributed by atoms with Crippen LogP contribution in [0, 0.1) is 0 Å². The molecule has 2 aliphatic rings. The first-order chi connectivity index (χ1) is 11.1. The molecule has 120 valence electrons. The molecule has 0 atom stereocenters. The first kappa shape index (κ1) is 14.9. The maximum Gasteiger partial charge on any atom is 0.259 e. The Kier molecular flexibility index (Phi) is 3.76. The molecule has 2 aliphatic heterocycles. The van der Waals surface area contributed by atoms with Crippen molar-refractivity contribution in [2.45, 2.75) is 38.6 Å². The molecule has 0 aliphatic carbocycles. The number of nitrogens with zero attached hydrogens (tertiary/aromatic N) is 2. The number of hydrogen-bond donors (Lipinski definition) is 0. The standard InChI is InChI=1S/C18H19BrN2O2/c19-13-9-12-5-8-21-11-15(17(22)14(10-13)16(12)21)18(23)20-6-3-1-2-4-7-20/h9-11H,1-8H2. The summed E-state index contributed by atoms with van der Waals surface area (Å²) < 4.78 is 2.98. The van der Waals surface area contributed by atoms with Crippen molar-refractivity contribution in [1.82, 2.24) is 9.47 Å². The zero-order valence-electron chi connectivity index (χ0n) is 13.0. The molecular formula is C18H19BrN2O2. The van der Waals surface area contributed by atoms with Gasteiger partial charge in [0.1, 0.15) is 5.56 Å². The number of aromatic nitrogens is 1. The Bertz CT molecular complexity index is 848. The molecular weight excluding hydrogens is 356 g/mol. The predicted molar refractivity (Wildman–Crippen MR) is 94.0 cm³/mol. The molecule has 1 aromatic carbocycles. The van der Waals surface area contributed by atoms with Gasteiger partial charge in [-0.05, 0) is 37.0 Å². The summed E-state index contributed by atoms with van der Waals surface area (Å²) in [5.41, 5.74) is 2.37. The summed E-state index contributed by atoms with van der Waals surface area (Å²) in [4.78, 5) is 27.6. The van der Waals surface area contributed by atoms with E-state index in [0.717, 1.165) is 48.9 Å². The van der Waals surface area contributed by atoms with Crippen LogP contribution in [0.2, 0.25) is 0 Å². The Hall–Kier alpha value is -1.62. The maximum atomic E-state index is 12.9. The Balaban J connectivity index is 1.84.